The number of benzene rings is 1. The lowest BCUT2D eigenvalue weighted by atomic mass is 10.2. The average Bonchev–Trinajstić information content (AvgIpc) is 3.17. The van der Waals surface area contributed by atoms with E-state index in [0.29, 0.717) is 6.61 Å². The van der Waals surface area contributed by atoms with Gasteiger partial charge in [-0.05, 0) is 24.3 Å². The summed E-state index contributed by atoms with van der Waals surface area (Å²) in [4.78, 5) is 0. The molecule has 4 heteroatoms. The molecule has 1 aliphatic rings. The number of ether oxygens (including phenoxy) is 2. The van der Waals surface area contributed by atoms with Crippen LogP contribution in [0.5, 0.6) is 5.75 Å². The molecule has 0 aromatic heterocycles. The van der Waals surface area contributed by atoms with Gasteiger partial charge >= 0.3 is 0 Å². The van der Waals surface area contributed by atoms with Gasteiger partial charge in [-0.25, -0.2) is 0 Å². The van der Waals surface area contributed by atoms with Gasteiger partial charge in [-0.3, -0.25) is 0 Å². The summed E-state index contributed by atoms with van der Waals surface area (Å²) in [5.74, 6) is 0.809. The maximum Gasteiger partial charge on any atom is 0.125 e. The normalized spacial score (nSPS) is 19.4. The fraction of sp³-hybridized carbons (Fsp3) is 0.647. The maximum absolute atomic E-state index is 13.8. The Bertz CT molecular complexity index is 513. The van der Waals surface area contributed by atoms with Gasteiger partial charge in [-0.1, -0.05) is 41.5 Å². The summed E-state index contributed by atoms with van der Waals surface area (Å²) < 4.78 is 24.6. The molecule has 1 atom stereocenters. The Morgan fingerprint density at radius 2 is 1.57 bits per heavy atom. The van der Waals surface area contributed by atoms with E-state index >= 15 is 0 Å². The first kappa shape index (κ1) is 16.6. The van der Waals surface area contributed by atoms with Crippen LogP contribution >= 0.6 is 7.14 Å². The number of epoxide rings is 1. The quantitative estimate of drug-likeness (QED) is 0.622. The van der Waals surface area contributed by atoms with Crippen LogP contribution in [0.3, 0.4) is 0 Å². The SMILES string of the molecule is CC(C)(C)P(=O)(c1ccc(OCC2CO2)cc1)C(C)(C)C. The molecule has 1 fully saturated rings. The van der Waals surface area contributed by atoms with E-state index in [4.69, 9.17) is 9.47 Å². The summed E-state index contributed by atoms with van der Waals surface area (Å²) in [5.41, 5.74) is 0. The molecule has 118 valence electrons. The van der Waals surface area contributed by atoms with Crippen molar-refractivity contribution in [2.75, 3.05) is 13.2 Å². The smallest absolute Gasteiger partial charge is 0.125 e. The summed E-state index contributed by atoms with van der Waals surface area (Å²) in [5, 5.41) is 0.392. The summed E-state index contributed by atoms with van der Waals surface area (Å²) in [6.07, 6.45) is 0.250. The predicted molar refractivity (Wildman–Crippen MR) is 88.4 cm³/mol. The van der Waals surface area contributed by atoms with Crippen LogP contribution < -0.4 is 10.0 Å². The van der Waals surface area contributed by atoms with E-state index in [1.807, 2.05) is 24.3 Å². The zero-order chi connectivity index (χ0) is 15.9. The Morgan fingerprint density at radius 1 is 1.10 bits per heavy atom. The van der Waals surface area contributed by atoms with E-state index in [2.05, 4.69) is 41.5 Å². The van der Waals surface area contributed by atoms with Crippen molar-refractivity contribution in [2.45, 2.75) is 58.0 Å². The predicted octanol–water partition coefficient (Wildman–Crippen LogP) is 4.05. The molecule has 0 N–H and O–H groups in total. The minimum atomic E-state index is -2.57. The monoisotopic (exact) mass is 310 g/mol. The molecule has 1 heterocycles. The Kier molecular flexibility index (Phi) is 4.30. The van der Waals surface area contributed by atoms with Gasteiger partial charge < -0.3 is 14.0 Å². The lowest BCUT2D eigenvalue weighted by Gasteiger charge is -2.41. The summed E-state index contributed by atoms with van der Waals surface area (Å²) in [7, 11) is -2.57. The lowest BCUT2D eigenvalue weighted by Crippen LogP contribution is -2.34. The van der Waals surface area contributed by atoms with Crippen LogP contribution in [0.25, 0.3) is 0 Å². The van der Waals surface area contributed by atoms with Gasteiger partial charge in [0, 0.05) is 15.6 Å². The highest BCUT2D eigenvalue weighted by molar-refractivity contribution is 7.74. The molecule has 2 rings (SSSR count). The van der Waals surface area contributed by atoms with Gasteiger partial charge in [0.25, 0.3) is 0 Å². The van der Waals surface area contributed by atoms with E-state index in [9.17, 15) is 4.57 Å². The first-order chi connectivity index (χ1) is 9.55. The Hall–Kier alpha value is -0.790. The zero-order valence-electron chi connectivity index (χ0n) is 14.0. The van der Waals surface area contributed by atoms with Crippen LogP contribution in [0.2, 0.25) is 0 Å². The largest absolute Gasteiger partial charge is 0.491 e. The van der Waals surface area contributed by atoms with E-state index in [0.717, 1.165) is 17.7 Å². The van der Waals surface area contributed by atoms with Gasteiger partial charge in [0.1, 0.15) is 25.6 Å². The number of rotatable bonds is 4. The number of hydrogen-bond donors (Lipinski definition) is 0. The molecule has 1 aromatic carbocycles. The molecular formula is C17H27O3P. The minimum Gasteiger partial charge on any atom is -0.491 e. The van der Waals surface area contributed by atoms with Crippen molar-refractivity contribution in [1.82, 2.24) is 0 Å². The Balaban J connectivity index is 2.27. The van der Waals surface area contributed by atoms with Crippen LogP contribution in [0, 0.1) is 0 Å². The van der Waals surface area contributed by atoms with E-state index in [-0.39, 0.29) is 16.4 Å². The number of hydrogen-bond acceptors (Lipinski definition) is 3. The topological polar surface area (TPSA) is 38.8 Å². The first-order valence-corrected chi connectivity index (χ1v) is 9.22. The van der Waals surface area contributed by atoms with Crippen molar-refractivity contribution in [3.63, 3.8) is 0 Å². The highest BCUT2D eigenvalue weighted by atomic mass is 31.2. The molecular weight excluding hydrogens is 283 g/mol. The van der Waals surface area contributed by atoms with Crippen LogP contribution in [0.4, 0.5) is 0 Å². The summed E-state index contributed by atoms with van der Waals surface area (Å²) in [6.45, 7) is 13.8. The van der Waals surface area contributed by atoms with Gasteiger partial charge in [0.2, 0.25) is 0 Å². The first-order valence-electron chi connectivity index (χ1n) is 7.51. The molecule has 0 amide bonds. The van der Waals surface area contributed by atoms with Crippen molar-refractivity contribution in [1.29, 1.82) is 0 Å². The highest BCUT2D eigenvalue weighted by Gasteiger charge is 2.47. The molecule has 21 heavy (non-hydrogen) atoms. The minimum absolute atomic E-state index is 0.250. The molecule has 0 saturated carbocycles. The molecule has 0 radical (unpaired) electrons. The third kappa shape index (κ3) is 3.35. The lowest BCUT2D eigenvalue weighted by molar-refractivity contribution is 0.263. The second kappa shape index (κ2) is 5.44. The van der Waals surface area contributed by atoms with E-state index in [1.54, 1.807) is 0 Å². The Labute approximate surface area is 128 Å². The van der Waals surface area contributed by atoms with Crippen LogP contribution in [0.15, 0.2) is 24.3 Å². The standard InChI is InChI=1S/C17H27O3P/c1-16(2,3)21(18,17(4,5)6)15-9-7-13(8-10-15)19-11-14-12-20-14/h7-10,14H,11-12H2,1-6H3. The molecule has 3 nitrogen and oxygen atoms in total. The second-order valence-electron chi connectivity index (χ2n) is 7.71. The van der Waals surface area contributed by atoms with Gasteiger partial charge in [-0.15, -0.1) is 0 Å². The summed E-state index contributed by atoms with van der Waals surface area (Å²) >= 11 is 0. The molecule has 0 spiro atoms. The van der Waals surface area contributed by atoms with Crippen LogP contribution in [-0.4, -0.2) is 29.6 Å². The molecule has 1 unspecified atom stereocenters. The van der Waals surface area contributed by atoms with Crippen molar-refractivity contribution in [3.8, 4) is 5.75 Å². The third-order valence-electron chi connectivity index (χ3n) is 3.93. The van der Waals surface area contributed by atoms with Crippen molar-refractivity contribution in [2.24, 2.45) is 0 Å². The van der Waals surface area contributed by atoms with Gasteiger partial charge in [0.15, 0.2) is 0 Å². The molecule has 1 aromatic rings. The molecule has 0 aliphatic carbocycles. The highest BCUT2D eigenvalue weighted by Crippen LogP contribution is 2.65. The molecule has 1 saturated heterocycles. The molecule has 1 aliphatic heterocycles. The van der Waals surface area contributed by atoms with E-state index < -0.39 is 7.14 Å². The van der Waals surface area contributed by atoms with Gasteiger partial charge in [0.05, 0.1) is 6.61 Å². The fourth-order valence-corrected chi connectivity index (χ4v) is 7.02. The zero-order valence-corrected chi connectivity index (χ0v) is 14.9. The van der Waals surface area contributed by atoms with Crippen LogP contribution in [0.1, 0.15) is 41.5 Å². The maximum atomic E-state index is 13.8. The fourth-order valence-electron chi connectivity index (χ4n) is 2.89. The summed E-state index contributed by atoms with van der Waals surface area (Å²) in [6, 6.07) is 7.75. The van der Waals surface area contributed by atoms with Crippen molar-refractivity contribution in [3.05, 3.63) is 24.3 Å². The average molecular weight is 310 g/mol. The van der Waals surface area contributed by atoms with Gasteiger partial charge in [-0.2, -0.15) is 0 Å². The molecule has 0 bridgehead atoms. The second-order valence-corrected chi connectivity index (χ2v) is 12.1. The van der Waals surface area contributed by atoms with Crippen molar-refractivity contribution < 1.29 is 14.0 Å². The van der Waals surface area contributed by atoms with Crippen LogP contribution in [-0.2, 0) is 9.30 Å². The Morgan fingerprint density at radius 3 is 1.95 bits per heavy atom. The third-order valence-corrected chi connectivity index (χ3v) is 8.73. The van der Waals surface area contributed by atoms with E-state index in [1.165, 1.54) is 0 Å². The van der Waals surface area contributed by atoms with Crippen molar-refractivity contribution >= 4 is 12.4 Å².